The first-order valence-corrected chi connectivity index (χ1v) is 9.86. The van der Waals surface area contributed by atoms with Crippen LogP contribution in [0.4, 0.5) is 5.82 Å². The molecule has 1 saturated heterocycles. The highest BCUT2D eigenvalue weighted by molar-refractivity contribution is 5.92. The van der Waals surface area contributed by atoms with Crippen molar-refractivity contribution in [2.45, 2.75) is 39.7 Å². The van der Waals surface area contributed by atoms with Gasteiger partial charge in [0.15, 0.2) is 11.5 Å². The molecule has 6 heteroatoms. The fourth-order valence-electron chi connectivity index (χ4n) is 3.75. The average molecular weight is 378 g/mol. The molecule has 0 unspecified atom stereocenters. The first kappa shape index (κ1) is 18.6. The molecule has 28 heavy (non-hydrogen) atoms. The van der Waals surface area contributed by atoms with Gasteiger partial charge in [-0.1, -0.05) is 30.3 Å². The van der Waals surface area contributed by atoms with Crippen LogP contribution in [0.1, 0.15) is 29.8 Å². The van der Waals surface area contributed by atoms with Crippen molar-refractivity contribution in [3.05, 3.63) is 53.3 Å². The molecular formula is C22H26N4O2. The van der Waals surface area contributed by atoms with E-state index < -0.39 is 0 Å². The number of nitrogens with one attached hydrogen (secondary N) is 1. The van der Waals surface area contributed by atoms with Crippen LogP contribution < -0.4 is 5.32 Å². The van der Waals surface area contributed by atoms with Crippen LogP contribution >= 0.6 is 0 Å². The van der Waals surface area contributed by atoms with E-state index in [1.165, 1.54) is 0 Å². The Kier molecular flexibility index (Phi) is 5.39. The van der Waals surface area contributed by atoms with Crippen LogP contribution in [0, 0.1) is 19.8 Å². The lowest BCUT2D eigenvalue weighted by molar-refractivity contribution is -0.115. The van der Waals surface area contributed by atoms with Gasteiger partial charge >= 0.3 is 0 Å². The third-order valence-corrected chi connectivity index (χ3v) is 5.35. The molecule has 1 aromatic carbocycles. The van der Waals surface area contributed by atoms with E-state index >= 15 is 0 Å². The molecule has 1 amide bonds. The molecule has 0 radical (unpaired) electrons. The summed E-state index contributed by atoms with van der Waals surface area (Å²) in [6.45, 7) is 6.60. The fraction of sp³-hybridized carbons (Fsp3) is 0.409. The number of aromatic nitrogens is 3. The van der Waals surface area contributed by atoms with Crippen LogP contribution in [0.2, 0.25) is 0 Å². The van der Waals surface area contributed by atoms with Crippen molar-refractivity contribution in [2.75, 3.05) is 18.5 Å². The molecule has 0 atom stereocenters. The second kappa shape index (κ2) is 8.10. The molecule has 3 heterocycles. The fourth-order valence-corrected chi connectivity index (χ4v) is 3.75. The minimum absolute atomic E-state index is 0.0821. The van der Waals surface area contributed by atoms with Gasteiger partial charge in [0.05, 0.1) is 12.1 Å². The standard InChI is InChI=1S/C22H26N4O2/c1-15-12-19-22(26(15)14-18-8-10-28-11-9-18)23-16(2)21(24-19)25-20(27)13-17-6-4-3-5-7-17/h3-7,12,18H,8-11,13-14H2,1-2H3,(H,24,25,27). The smallest absolute Gasteiger partial charge is 0.229 e. The number of fused-ring (bicyclic) bond motifs is 1. The summed E-state index contributed by atoms with van der Waals surface area (Å²) in [5.41, 5.74) is 4.58. The topological polar surface area (TPSA) is 69.0 Å². The molecule has 1 aliphatic rings. The van der Waals surface area contributed by atoms with E-state index in [9.17, 15) is 4.79 Å². The van der Waals surface area contributed by atoms with Crippen LogP contribution in [-0.2, 0) is 22.5 Å². The summed E-state index contributed by atoms with van der Waals surface area (Å²) in [5, 5.41) is 2.92. The van der Waals surface area contributed by atoms with Gasteiger partial charge in [-0.15, -0.1) is 0 Å². The number of anilines is 1. The van der Waals surface area contributed by atoms with Gasteiger partial charge in [-0.3, -0.25) is 4.79 Å². The molecule has 0 saturated carbocycles. The summed E-state index contributed by atoms with van der Waals surface area (Å²) in [5.74, 6) is 1.06. The van der Waals surface area contributed by atoms with Crippen LogP contribution in [0.15, 0.2) is 36.4 Å². The predicted molar refractivity (Wildman–Crippen MR) is 109 cm³/mol. The molecule has 0 aliphatic carbocycles. The lowest BCUT2D eigenvalue weighted by Crippen LogP contribution is -2.21. The lowest BCUT2D eigenvalue weighted by Gasteiger charge is -2.23. The predicted octanol–water partition coefficient (Wildman–Crippen LogP) is 3.66. The van der Waals surface area contributed by atoms with Crippen molar-refractivity contribution in [1.82, 2.24) is 14.5 Å². The Hall–Kier alpha value is -2.73. The number of carbonyl (C=O) groups is 1. The zero-order valence-corrected chi connectivity index (χ0v) is 16.4. The molecule has 1 aliphatic heterocycles. The number of carbonyl (C=O) groups excluding carboxylic acids is 1. The summed E-state index contributed by atoms with van der Waals surface area (Å²) in [6.07, 6.45) is 2.49. The third kappa shape index (κ3) is 4.07. The van der Waals surface area contributed by atoms with Crippen LogP contribution in [0.3, 0.4) is 0 Å². The van der Waals surface area contributed by atoms with Crippen molar-refractivity contribution in [2.24, 2.45) is 5.92 Å². The monoisotopic (exact) mass is 378 g/mol. The van der Waals surface area contributed by atoms with Crippen LogP contribution in [-0.4, -0.2) is 33.7 Å². The largest absolute Gasteiger partial charge is 0.381 e. The zero-order valence-electron chi connectivity index (χ0n) is 16.4. The van der Waals surface area contributed by atoms with Gasteiger partial charge in [0.25, 0.3) is 0 Å². The number of benzene rings is 1. The van der Waals surface area contributed by atoms with E-state index in [2.05, 4.69) is 16.8 Å². The van der Waals surface area contributed by atoms with E-state index in [0.717, 1.165) is 60.7 Å². The van der Waals surface area contributed by atoms with E-state index in [4.69, 9.17) is 14.7 Å². The number of amides is 1. The minimum Gasteiger partial charge on any atom is -0.381 e. The van der Waals surface area contributed by atoms with Crippen LogP contribution in [0.25, 0.3) is 11.2 Å². The van der Waals surface area contributed by atoms with Gasteiger partial charge in [0.2, 0.25) is 5.91 Å². The molecule has 3 aromatic rings. The highest BCUT2D eigenvalue weighted by Crippen LogP contribution is 2.24. The lowest BCUT2D eigenvalue weighted by atomic mass is 10.0. The van der Waals surface area contributed by atoms with E-state index in [1.807, 2.05) is 43.3 Å². The number of aryl methyl sites for hydroxylation is 2. The Morgan fingerprint density at radius 3 is 2.68 bits per heavy atom. The summed E-state index contributed by atoms with van der Waals surface area (Å²) < 4.78 is 7.72. The second-order valence-electron chi connectivity index (χ2n) is 7.53. The molecular weight excluding hydrogens is 352 g/mol. The maximum atomic E-state index is 12.4. The minimum atomic E-state index is -0.0821. The Morgan fingerprint density at radius 2 is 1.93 bits per heavy atom. The number of hydrogen-bond donors (Lipinski definition) is 1. The van der Waals surface area contributed by atoms with Gasteiger partial charge in [0.1, 0.15) is 5.52 Å². The summed E-state index contributed by atoms with van der Waals surface area (Å²) >= 11 is 0. The quantitative estimate of drug-likeness (QED) is 0.736. The highest BCUT2D eigenvalue weighted by atomic mass is 16.5. The molecule has 4 rings (SSSR count). The molecule has 0 spiro atoms. The maximum Gasteiger partial charge on any atom is 0.229 e. The Balaban J connectivity index is 1.54. The van der Waals surface area contributed by atoms with Gasteiger partial charge in [-0.2, -0.15) is 0 Å². The summed E-state index contributed by atoms with van der Waals surface area (Å²) in [4.78, 5) is 21.9. The number of nitrogens with zero attached hydrogens (tertiary/aromatic N) is 3. The Labute approximate surface area is 164 Å². The van der Waals surface area contributed by atoms with Crippen molar-refractivity contribution >= 4 is 22.9 Å². The first-order valence-electron chi connectivity index (χ1n) is 9.86. The van der Waals surface area contributed by atoms with E-state index in [-0.39, 0.29) is 5.91 Å². The molecule has 1 N–H and O–H groups in total. The van der Waals surface area contributed by atoms with Crippen molar-refractivity contribution in [3.8, 4) is 0 Å². The van der Waals surface area contributed by atoms with Crippen molar-refractivity contribution < 1.29 is 9.53 Å². The molecule has 1 fully saturated rings. The maximum absolute atomic E-state index is 12.4. The number of rotatable bonds is 5. The van der Waals surface area contributed by atoms with Crippen LogP contribution in [0.5, 0.6) is 0 Å². The molecule has 6 nitrogen and oxygen atoms in total. The molecule has 2 aromatic heterocycles. The Morgan fingerprint density at radius 1 is 1.18 bits per heavy atom. The van der Waals surface area contributed by atoms with E-state index in [0.29, 0.717) is 18.2 Å². The summed E-state index contributed by atoms with van der Waals surface area (Å²) in [6, 6.07) is 11.8. The zero-order chi connectivity index (χ0) is 19.5. The molecule has 0 bridgehead atoms. The van der Waals surface area contributed by atoms with E-state index in [1.54, 1.807) is 0 Å². The average Bonchev–Trinajstić information content (AvgIpc) is 2.98. The second-order valence-corrected chi connectivity index (χ2v) is 7.53. The first-order chi connectivity index (χ1) is 13.6. The Bertz CT molecular complexity index is 975. The SMILES string of the molecule is Cc1nc2c(cc(C)n2CC2CCOCC2)nc1NC(=O)Cc1ccccc1. The normalized spacial score (nSPS) is 15.1. The van der Waals surface area contributed by atoms with Gasteiger partial charge < -0.3 is 14.6 Å². The number of ether oxygens (including phenoxy) is 1. The van der Waals surface area contributed by atoms with Gasteiger partial charge in [-0.05, 0) is 44.2 Å². The number of hydrogen-bond acceptors (Lipinski definition) is 4. The van der Waals surface area contributed by atoms with Crippen molar-refractivity contribution in [1.29, 1.82) is 0 Å². The highest BCUT2D eigenvalue weighted by Gasteiger charge is 2.19. The van der Waals surface area contributed by atoms with Crippen molar-refractivity contribution in [3.63, 3.8) is 0 Å². The third-order valence-electron chi connectivity index (χ3n) is 5.35. The molecule has 146 valence electrons. The summed E-state index contributed by atoms with van der Waals surface area (Å²) in [7, 11) is 0. The van der Waals surface area contributed by atoms with Gasteiger partial charge in [0, 0.05) is 25.5 Å². The van der Waals surface area contributed by atoms with Gasteiger partial charge in [-0.25, -0.2) is 9.97 Å².